The van der Waals surface area contributed by atoms with Crippen LogP contribution in [0, 0.1) is 6.92 Å². The Bertz CT molecular complexity index is 834. The zero-order valence-electron chi connectivity index (χ0n) is 16.6. The Labute approximate surface area is 165 Å². The number of aromatic nitrogens is 2. The molecule has 28 heavy (non-hydrogen) atoms. The predicted molar refractivity (Wildman–Crippen MR) is 108 cm³/mol. The third-order valence-corrected chi connectivity index (χ3v) is 5.41. The number of aryl methyl sites for hydroxylation is 1. The van der Waals surface area contributed by atoms with Gasteiger partial charge in [-0.25, -0.2) is 9.97 Å². The Hall–Kier alpha value is -2.67. The highest BCUT2D eigenvalue weighted by molar-refractivity contribution is 5.78. The molecular formula is C21H27N5O2. The fraction of sp³-hybridized carbons (Fsp3) is 0.476. The van der Waals surface area contributed by atoms with Crippen molar-refractivity contribution in [2.24, 2.45) is 0 Å². The number of hydrogen-bond donors (Lipinski definition) is 0. The zero-order valence-corrected chi connectivity index (χ0v) is 16.6. The molecule has 0 bridgehead atoms. The Morgan fingerprint density at radius 2 is 1.82 bits per heavy atom. The van der Waals surface area contributed by atoms with Gasteiger partial charge in [0.2, 0.25) is 0 Å². The summed E-state index contributed by atoms with van der Waals surface area (Å²) in [6, 6.07) is 9.46. The number of para-hydroxylation sites is 1. The Kier molecular flexibility index (Phi) is 5.43. The number of carbonyl (C=O) groups is 1. The number of hydrogen-bond acceptors (Lipinski definition) is 6. The van der Waals surface area contributed by atoms with E-state index in [0.717, 1.165) is 55.5 Å². The van der Waals surface area contributed by atoms with Crippen LogP contribution in [-0.4, -0.2) is 72.1 Å². The summed E-state index contributed by atoms with van der Waals surface area (Å²) in [5, 5.41) is 0. The van der Waals surface area contributed by atoms with Gasteiger partial charge >= 0.3 is 0 Å². The first-order valence-electron chi connectivity index (χ1n) is 9.85. The van der Waals surface area contributed by atoms with Gasteiger partial charge in [0.1, 0.15) is 17.4 Å². The average Bonchev–Trinajstić information content (AvgIpc) is 2.72. The quantitative estimate of drug-likeness (QED) is 0.800. The maximum absolute atomic E-state index is 12.7. The van der Waals surface area contributed by atoms with E-state index in [2.05, 4.69) is 21.8 Å². The lowest BCUT2D eigenvalue weighted by molar-refractivity contribution is -0.134. The van der Waals surface area contributed by atoms with Crippen molar-refractivity contribution in [2.75, 3.05) is 51.3 Å². The van der Waals surface area contributed by atoms with E-state index in [4.69, 9.17) is 9.72 Å². The van der Waals surface area contributed by atoms with E-state index in [1.165, 1.54) is 0 Å². The molecule has 3 heterocycles. The van der Waals surface area contributed by atoms with Crippen molar-refractivity contribution in [1.29, 1.82) is 0 Å². The molecule has 2 aromatic rings. The summed E-state index contributed by atoms with van der Waals surface area (Å²) in [7, 11) is 2.14. The van der Waals surface area contributed by atoms with Crippen molar-refractivity contribution in [3.8, 4) is 5.75 Å². The van der Waals surface area contributed by atoms with Crippen molar-refractivity contribution in [2.45, 2.75) is 19.9 Å². The van der Waals surface area contributed by atoms with Gasteiger partial charge in [-0.05, 0) is 26.1 Å². The summed E-state index contributed by atoms with van der Waals surface area (Å²) in [4.78, 5) is 28.6. The van der Waals surface area contributed by atoms with Gasteiger partial charge in [0.15, 0.2) is 6.61 Å². The van der Waals surface area contributed by atoms with Crippen molar-refractivity contribution >= 4 is 11.7 Å². The van der Waals surface area contributed by atoms with Crippen LogP contribution in [0.3, 0.4) is 0 Å². The first-order valence-corrected chi connectivity index (χ1v) is 9.85. The van der Waals surface area contributed by atoms with Crippen LogP contribution in [0.2, 0.25) is 0 Å². The van der Waals surface area contributed by atoms with Gasteiger partial charge in [-0.3, -0.25) is 4.79 Å². The van der Waals surface area contributed by atoms with Gasteiger partial charge in [-0.2, -0.15) is 0 Å². The minimum absolute atomic E-state index is 0.000550. The number of likely N-dealkylation sites (N-methyl/N-ethyl adjacent to an activating group) is 1. The maximum Gasteiger partial charge on any atom is 0.260 e. The number of carbonyl (C=O) groups excluding carboxylic acids is 1. The number of amides is 1. The molecule has 0 atom stereocenters. The van der Waals surface area contributed by atoms with Gasteiger partial charge in [-0.1, -0.05) is 18.2 Å². The zero-order chi connectivity index (χ0) is 19.5. The molecule has 2 aliphatic heterocycles. The molecule has 0 unspecified atom stereocenters. The van der Waals surface area contributed by atoms with E-state index in [1.807, 2.05) is 42.2 Å². The van der Waals surface area contributed by atoms with Gasteiger partial charge in [0.05, 0.1) is 12.2 Å². The summed E-state index contributed by atoms with van der Waals surface area (Å²) in [6.45, 7) is 7.16. The third kappa shape index (κ3) is 4.09. The van der Waals surface area contributed by atoms with Gasteiger partial charge in [0, 0.05) is 44.7 Å². The smallest absolute Gasteiger partial charge is 0.260 e. The average molecular weight is 381 g/mol. The number of ether oxygens (including phenoxy) is 1. The van der Waals surface area contributed by atoms with E-state index in [-0.39, 0.29) is 12.5 Å². The van der Waals surface area contributed by atoms with Crippen LogP contribution in [0.5, 0.6) is 5.75 Å². The topological polar surface area (TPSA) is 61.8 Å². The van der Waals surface area contributed by atoms with E-state index >= 15 is 0 Å². The number of piperazine rings is 1. The molecule has 0 N–H and O–H groups in total. The highest BCUT2D eigenvalue weighted by Gasteiger charge is 2.28. The molecule has 2 aliphatic rings. The standard InChI is InChI=1S/C21H27N5O2/c1-16-22-19-8-9-26(20(27)15-28-17-6-4-3-5-7-17)14-18(19)21(23-16)25-12-10-24(2)11-13-25/h3-7H,8-15H2,1-2H3. The lowest BCUT2D eigenvalue weighted by Gasteiger charge is -2.37. The van der Waals surface area contributed by atoms with Gasteiger partial charge in [-0.15, -0.1) is 0 Å². The van der Waals surface area contributed by atoms with Crippen LogP contribution >= 0.6 is 0 Å². The molecule has 1 amide bonds. The Morgan fingerprint density at radius 1 is 1.07 bits per heavy atom. The van der Waals surface area contributed by atoms with Crippen LogP contribution in [0.25, 0.3) is 0 Å². The van der Waals surface area contributed by atoms with E-state index < -0.39 is 0 Å². The van der Waals surface area contributed by atoms with Crippen LogP contribution in [0.1, 0.15) is 17.1 Å². The monoisotopic (exact) mass is 381 g/mol. The maximum atomic E-state index is 12.7. The van der Waals surface area contributed by atoms with Crippen LogP contribution in [0.15, 0.2) is 30.3 Å². The van der Waals surface area contributed by atoms with Crippen molar-refractivity contribution in [3.05, 3.63) is 47.4 Å². The Balaban J connectivity index is 1.48. The number of rotatable bonds is 4. The van der Waals surface area contributed by atoms with E-state index in [9.17, 15) is 4.79 Å². The second kappa shape index (κ2) is 8.14. The molecule has 0 radical (unpaired) electrons. The van der Waals surface area contributed by atoms with Crippen molar-refractivity contribution in [1.82, 2.24) is 19.8 Å². The summed E-state index contributed by atoms with van der Waals surface area (Å²) >= 11 is 0. The predicted octanol–water partition coefficient (Wildman–Crippen LogP) is 1.50. The summed E-state index contributed by atoms with van der Waals surface area (Å²) in [5.41, 5.74) is 2.17. The third-order valence-electron chi connectivity index (χ3n) is 5.41. The molecule has 0 aliphatic carbocycles. The Morgan fingerprint density at radius 3 is 2.57 bits per heavy atom. The highest BCUT2D eigenvalue weighted by Crippen LogP contribution is 2.27. The SMILES string of the molecule is Cc1nc2c(c(N3CCN(C)CC3)n1)CN(C(=O)COc1ccccc1)CC2. The minimum Gasteiger partial charge on any atom is -0.484 e. The molecule has 1 aromatic carbocycles. The van der Waals surface area contributed by atoms with Crippen LogP contribution < -0.4 is 9.64 Å². The number of fused-ring (bicyclic) bond motifs is 1. The first kappa shape index (κ1) is 18.7. The molecular weight excluding hydrogens is 354 g/mol. The molecule has 7 nitrogen and oxygen atoms in total. The fourth-order valence-corrected chi connectivity index (χ4v) is 3.76. The fourth-order valence-electron chi connectivity index (χ4n) is 3.76. The largest absolute Gasteiger partial charge is 0.484 e. The van der Waals surface area contributed by atoms with E-state index in [0.29, 0.717) is 18.8 Å². The van der Waals surface area contributed by atoms with Crippen LogP contribution in [-0.2, 0) is 17.8 Å². The van der Waals surface area contributed by atoms with Crippen molar-refractivity contribution in [3.63, 3.8) is 0 Å². The summed E-state index contributed by atoms with van der Waals surface area (Å²) < 4.78 is 5.65. The second-order valence-electron chi connectivity index (χ2n) is 7.48. The number of anilines is 1. The van der Waals surface area contributed by atoms with Gasteiger partial charge in [0.25, 0.3) is 5.91 Å². The summed E-state index contributed by atoms with van der Waals surface area (Å²) in [5.74, 6) is 2.52. The molecule has 7 heteroatoms. The lowest BCUT2D eigenvalue weighted by Crippen LogP contribution is -2.46. The van der Waals surface area contributed by atoms with Gasteiger partial charge < -0.3 is 19.4 Å². The number of benzene rings is 1. The van der Waals surface area contributed by atoms with Crippen molar-refractivity contribution < 1.29 is 9.53 Å². The molecule has 0 spiro atoms. The summed E-state index contributed by atoms with van der Waals surface area (Å²) in [6.07, 6.45) is 0.760. The molecule has 1 aromatic heterocycles. The highest BCUT2D eigenvalue weighted by atomic mass is 16.5. The minimum atomic E-state index is -0.000550. The van der Waals surface area contributed by atoms with E-state index in [1.54, 1.807) is 0 Å². The normalized spacial score (nSPS) is 17.4. The molecule has 0 saturated carbocycles. The molecule has 148 valence electrons. The first-order chi connectivity index (χ1) is 13.6. The molecule has 1 fully saturated rings. The number of nitrogens with zero attached hydrogens (tertiary/aromatic N) is 5. The molecule has 4 rings (SSSR count). The van der Waals surface area contributed by atoms with Crippen LogP contribution in [0.4, 0.5) is 5.82 Å². The molecule has 1 saturated heterocycles. The lowest BCUT2D eigenvalue weighted by atomic mass is 10.0. The second-order valence-corrected chi connectivity index (χ2v) is 7.48.